The minimum absolute atomic E-state index is 0.0458. The quantitative estimate of drug-likeness (QED) is 0.667. The van der Waals surface area contributed by atoms with Crippen molar-refractivity contribution in [1.29, 1.82) is 0 Å². The number of thiazole rings is 1. The SMILES string of the molecule is Cc1ccc(OCC(=O)NCCCc2nc3ccccc3s2)cc1. The summed E-state index contributed by atoms with van der Waals surface area (Å²) >= 11 is 1.72. The van der Waals surface area contributed by atoms with E-state index in [0.29, 0.717) is 12.3 Å². The van der Waals surface area contributed by atoms with Crippen LogP contribution in [0, 0.1) is 6.92 Å². The molecule has 1 amide bonds. The van der Waals surface area contributed by atoms with Crippen molar-refractivity contribution in [2.75, 3.05) is 13.2 Å². The Balaban J connectivity index is 1.36. The molecule has 0 atom stereocenters. The number of rotatable bonds is 7. The van der Waals surface area contributed by atoms with Crippen LogP contribution in [-0.4, -0.2) is 24.0 Å². The molecule has 0 spiro atoms. The summed E-state index contributed by atoms with van der Waals surface area (Å²) in [6, 6.07) is 15.8. The Hall–Kier alpha value is -2.40. The van der Waals surface area contributed by atoms with Crippen LogP contribution in [-0.2, 0) is 11.2 Å². The van der Waals surface area contributed by atoms with E-state index in [0.717, 1.165) is 23.4 Å². The van der Waals surface area contributed by atoms with Gasteiger partial charge in [-0.1, -0.05) is 29.8 Å². The van der Waals surface area contributed by atoms with Gasteiger partial charge in [0.15, 0.2) is 6.61 Å². The molecule has 124 valence electrons. The van der Waals surface area contributed by atoms with Crippen molar-refractivity contribution in [3.8, 4) is 5.75 Å². The number of aryl methyl sites for hydroxylation is 2. The molecule has 2 aromatic carbocycles. The predicted octanol–water partition coefficient (Wildman–Crippen LogP) is 3.73. The molecule has 0 aliphatic carbocycles. The van der Waals surface area contributed by atoms with Gasteiger partial charge in [-0.2, -0.15) is 0 Å². The molecule has 0 aliphatic rings. The minimum atomic E-state index is -0.0973. The van der Waals surface area contributed by atoms with Crippen LogP contribution in [0.15, 0.2) is 48.5 Å². The summed E-state index contributed by atoms with van der Waals surface area (Å²) in [6.07, 6.45) is 1.74. The zero-order valence-electron chi connectivity index (χ0n) is 13.6. The van der Waals surface area contributed by atoms with E-state index in [-0.39, 0.29) is 12.5 Å². The van der Waals surface area contributed by atoms with Crippen molar-refractivity contribution in [2.45, 2.75) is 19.8 Å². The van der Waals surface area contributed by atoms with Crippen LogP contribution < -0.4 is 10.1 Å². The highest BCUT2D eigenvalue weighted by molar-refractivity contribution is 7.18. The lowest BCUT2D eigenvalue weighted by molar-refractivity contribution is -0.123. The van der Waals surface area contributed by atoms with Crippen molar-refractivity contribution >= 4 is 27.5 Å². The second kappa shape index (κ2) is 7.93. The fraction of sp³-hybridized carbons (Fsp3) is 0.263. The second-order valence-corrected chi connectivity index (χ2v) is 6.75. The van der Waals surface area contributed by atoms with Crippen molar-refractivity contribution in [2.24, 2.45) is 0 Å². The smallest absolute Gasteiger partial charge is 0.257 e. The topological polar surface area (TPSA) is 51.2 Å². The number of carbonyl (C=O) groups is 1. The summed E-state index contributed by atoms with van der Waals surface area (Å²) in [5.74, 6) is 0.616. The molecule has 4 nitrogen and oxygen atoms in total. The average Bonchev–Trinajstić information content (AvgIpc) is 3.01. The van der Waals surface area contributed by atoms with E-state index >= 15 is 0 Å². The van der Waals surface area contributed by atoms with E-state index in [1.54, 1.807) is 11.3 Å². The zero-order valence-corrected chi connectivity index (χ0v) is 14.4. The normalized spacial score (nSPS) is 10.7. The van der Waals surface area contributed by atoms with E-state index in [1.165, 1.54) is 10.3 Å². The first-order valence-electron chi connectivity index (χ1n) is 8.01. The number of para-hydroxylation sites is 1. The average molecular weight is 340 g/mol. The van der Waals surface area contributed by atoms with Gasteiger partial charge < -0.3 is 10.1 Å². The highest BCUT2D eigenvalue weighted by Gasteiger charge is 2.05. The van der Waals surface area contributed by atoms with Gasteiger partial charge in [0.2, 0.25) is 0 Å². The molecule has 0 bridgehead atoms. The van der Waals surface area contributed by atoms with Crippen molar-refractivity contribution < 1.29 is 9.53 Å². The first kappa shape index (κ1) is 16.5. The highest BCUT2D eigenvalue weighted by Crippen LogP contribution is 2.22. The molecule has 1 N–H and O–H groups in total. The fourth-order valence-electron chi connectivity index (χ4n) is 2.33. The Kier molecular flexibility index (Phi) is 5.43. The summed E-state index contributed by atoms with van der Waals surface area (Å²) < 4.78 is 6.67. The Bertz CT molecular complexity index is 779. The first-order chi connectivity index (χ1) is 11.7. The number of carbonyl (C=O) groups excluding carboxylic acids is 1. The number of fused-ring (bicyclic) bond motifs is 1. The van der Waals surface area contributed by atoms with E-state index < -0.39 is 0 Å². The Morgan fingerprint density at radius 3 is 2.75 bits per heavy atom. The lowest BCUT2D eigenvalue weighted by Gasteiger charge is -2.07. The Morgan fingerprint density at radius 2 is 1.96 bits per heavy atom. The molecule has 0 unspecified atom stereocenters. The van der Waals surface area contributed by atoms with Gasteiger partial charge in [-0.3, -0.25) is 4.79 Å². The number of hydrogen-bond acceptors (Lipinski definition) is 4. The molecule has 0 fully saturated rings. The maximum atomic E-state index is 11.8. The van der Waals surface area contributed by atoms with Gasteiger partial charge in [0.05, 0.1) is 15.2 Å². The van der Waals surface area contributed by atoms with Gasteiger partial charge in [0.1, 0.15) is 5.75 Å². The van der Waals surface area contributed by atoms with Crippen LogP contribution in [0.3, 0.4) is 0 Å². The first-order valence-corrected chi connectivity index (χ1v) is 8.83. The second-order valence-electron chi connectivity index (χ2n) is 5.63. The van der Waals surface area contributed by atoms with Crippen LogP contribution in [0.1, 0.15) is 17.0 Å². The van der Waals surface area contributed by atoms with Crippen LogP contribution in [0.25, 0.3) is 10.2 Å². The Morgan fingerprint density at radius 1 is 1.17 bits per heavy atom. The van der Waals surface area contributed by atoms with Crippen molar-refractivity contribution in [3.63, 3.8) is 0 Å². The van der Waals surface area contributed by atoms with E-state index in [9.17, 15) is 4.79 Å². The van der Waals surface area contributed by atoms with Gasteiger partial charge in [0, 0.05) is 13.0 Å². The third-order valence-corrected chi connectivity index (χ3v) is 4.71. The van der Waals surface area contributed by atoms with Gasteiger partial charge >= 0.3 is 0 Å². The van der Waals surface area contributed by atoms with Crippen LogP contribution in [0.2, 0.25) is 0 Å². The predicted molar refractivity (Wildman–Crippen MR) is 97.6 cm³/mol. The maximum absolute atomic E-state index is 11.8. The largest absolute Gasteiger partial charge is 0.484 e. The highest BCUT2D eigenvalue weighted by atomic mass is 32.1. The molecule has 24 heavy (non-hydrogen) atoms. The van der Waals surface area contributed by atoms with Gasteiger partial charge in [-0.15, -0.1) is 11.3 Å². The number of amides is 1. The molecule has 1 aromatic heterocycles. The minimum Gasteiger partial charge on any atom is -0.484 e. The summed E-state index contributed by atoms with van der Waals surface area (Å²) in [5, 5.41) is 3.99. The van der Waals surface area contributed by atoms with Crippen LogP contribution >= 0.6 is 11.3 Å². The maximum Gasteiger partial charge on any atom is 0.257 e. The number of nitrogens with zero attached hydrogens (tertiary/aromatic N) is 1. The summed E-state index contributed by atoms with van der Waals surface area (Å²) in [4.78, 5) is 16.4. The zero-order chi connectivity index (χ0) is 16.8. The number of ether oxygens (including phenoxy) is 1. The number of nitrogens with one attached hydrogen (secondary N) is 1. The van der Waals surface area contributed by atoms with Gasteiger partial charge in [-0.05, 0) is 37.6 Å². The molecule has 3 aromatic rings. The third-order valence-electron chi connectivity index (χ3n) is 3.62. The van der Waals surface area contributed by atoms with Crippen molar-refractivity contribution in [3.05, 3.63) is 59.1 Å². The fourth-order valence-corrected chi connectivity index (χ4v) is 3.34. The molecule has 0 saturated heterocycles. The third kappa shape index (κ3) is 4.55. The standard InChI is InChI=1S/C19H20N2O2S/c1-14-8-10-15(11-9-14)23-13-18(22)20-12-4-7-19-21-16-5-2-3-6-17(16)24-19/h2-3,5-6,8-11H,4,7,12-13H2,1H3,(H,20,22). The molecule has 0 aliphatic heterocycles. The molecule has 0 radical (unpaired) electrons. The lowest BCUT2D eigenvalue weighted by atomic mass is 10.2. The molecule has 3 rings (SSSR count). The molecule has 0 saturated carbocycles. The molecule has 5 heteroatoms. The molecular weight excluding hydrogens is 320 g/mol. The van der Waals surface area contributed by atoms with Gasteiger partial charge in [0.25, 0.3) is 5.91 Å². The summed E-state index contributed by atoms with van der Waals surface area (Å²) in [6.45, 7) is 2.69. The van der Waals surface area contributed by atoms with E-state index in [4.69, 9.17) is 4.74 Å². The van der Waals surface area contributed by atoms with Crippen LogP contribution in [0.4, 0.5) is 0 Å². The number of benzene rings is 2. The summed E-state index contributed by atoms with van der Waals surface area (Å²) in [5.41, 5.74) is 2.22. The molecule has 1 heterocycles. The summed E-state index contributed by atoms with van der Waals surface area (Å²) in [7, 11) is 0. The van der Waals surface area contributed by atoms with E-state index in [1.807, 2.05) is 49.4 Å². The van der Waals surface area contributed by atoms with Gasteiger partial charge in [-0.25, -0.2) is 4.98 Å². The van der Waals surface area contributed by atoms with Crippen LogP contribution in [0.5, 0.6) is 5.75 Å². The molecular formula is C19H20N2O2S. The van der Waals surface area contributed by atoms with E-state index in [2.05, 4.69) is 16.4 Å². The lowest BCUT2D eigenvalue weighted by Crippen LogP contribution is -2.29. The number of aromatic nitrogens is 1. The number of hydrogen-bond donors (Lipinski definition) is 1. The Labute approximate surface area is 145 Å². The van der Waals surface area contributed by atoms with Crippen molar-refractivity contribution in [1.82, 2.24) is 10.3 Å². The monoisotopic (exact) mass is 340 g/mol.